The summed E-state index contributed by atoms with van der Waals surface area (Å²) in [5.74, 6) is -0.392. The predicted molar refractivity (Wildman–Crippen MR) is 86.6 cm³/mol. The summed E-state index contributed by atoms with van der Waals surface area (Å²) < 4.78 is 18.8. The molecule has 4 nitrogen and oxygen atoms in total. The molecule has 0 aromatic heterocycles. The molecule has 0 radical (unpaired) electrons. The molecule has 2 N–H and O–H groups in total. The van der Waals surface area contributed by atoms with Gasteiger partial charge in [0.2, 0.25) is 0 Å². The van der Waals surface area contributed by atoms with Gasteiger partial charge in [0.1, 0.15) is 11.4 Å². The summed E-state index contributed by atoms with van der Waals surface area (Å²) in [5, 5.41) is 6.01. The number of amides is 1. The standard InChI is InChI=1S/C16H24ClFN2O2/c1-11(20-15(21)22-16(2,3)4)8-9-19-10-12-6-5-7-13(17)14(12)18/h5-7,11,19H,8-10H2,1-4H3,(H,20,21). The van der Waals surface area contributed by atoms with Gasteiger partial charge in [0.15, 0.2) is 0 Å². The molecule has 0 heterocycles. The Morgan fingerprint density at radius 3 is 2.73 bits per heavy atom. The Bertz CT molecular complexity index is 503. The molecule has 0 saturated carbocycles. The summed E-state index contributed by atoms with van der Waals surface area (Å²) >= 11 is 5.72. The lowest BCUT2D eigenvalue weighted by Gasteiger charge is -2.22. The molecule has 6 heteroatoms. The van der Waals surface area contributed by atoms with Gasteiger partial charge in [-0.2, -0.15) is 0 Å². The Kier molecular flexibility index (Phi) is 7.10. The van der Waals surface area contributed by atoms with Gasteiger partial charge in [0.25, 0.3) is 0 Å². The van der Waals surface area contributed by atoms with Crippen LogP contribution in [0.5, 0.6) is 0 Å². The fourth-order valence-corrected chi connectivity index (χ4v) is 2.00. The summed E-state index contributed by atoms with van der Waals surface area (Å²) in [5.41, 5.74) is 0.0202. The minimum atomic E-state index is -0.508. The summed E-state index contributed by atoms with van der Waals surface area (Å²) in [7, 11) is 0. The van der Waals surface area contributed by atoms with Crippen LogP contribution in [-0.2, 0) is 11.3 Å². The van der Waals surface area contributed by atoms with Crippen molar-refractivity contribution in [2.75, 3.05) is 6.54 Å². The molecule has 1 aromatic carbocycles. The van der Waals surface area contributed by atoms with E-state index in [1.165, 1.54) is 6.07 Å². The van der Waals surface area contributed by atoms with Gasteiger partial charge >= 0.3 is 6.09 Å². The molecular formula is C16H24ClFN2O2. The number of hydrogen-bond donors (Lipinski definition) is 2. The number of ether oxygens (including phenoxy) is 1. The van der Waals surface area contributed by atoms with Crippen molar-refractivity contribution in [3.63, 3.8) is 0 Å². The Morgan fingerprint density at radius 2 is 2.09 bits per heavy atom. The first-order chi connectivity index (χ1) is 10.2. The second-order valence-corrected chi connectivity index (χ2v) is 6.63. The van der Waals surface area contributed by atoms with Gasteiger partial charge in [-0.15, -0.1) is 0 Å². The van der Waals surface area contributed by atoms with Crippen LogP contribution >= 0.6 is 11.6 Å². The maximum Gasteiger partial charge on any atom is 0.407 e. The van der Waals surface area contributed by atoms with Crippen LogP contribution in [0.15, 0.2) is 18.2 Å². The fraction of sp³-hybridized carbons (Fsp3) is 0.562. The molecule has 0 aliphatic carbocycles. The minimum Gasteiger partial charge on any atom is -0.444 e. The van der Waals surface area contributed by atoms with Gasteiger partial charge in [0.05, 0.1) is 5.02 Å². The van der Waals surface area contributed by atoms with Crippen molar-refractivity contribution in [1.29, 1.82) is 0 Å². The zero-order valence-electron chi connectivity index (χ0n) is 13.5. The maximum absolute atomic E-state index is 13.7. The number of carbonyl (C=O) groups excluding carboxylic acids is 1. The zero-order valence-corrected chi connectivity index (χ0v) is 14.3. The number of hydrogen-bond acceptors (Lipinski definition) is 3. The van der Waals surface area contributed by atoms with Gasteiger partial charge in [0, 0.05) is 18.2 Å². The van der Waals surface area contributed by atoms with Gasteiger partial charge in [-0.1, -0.05) is 23.7 Å². The third kappa shape index (κ3) is 7.09. The molecule has 124 valence electrons. The molecule has 0 aliphatic heterocycles. The smallest absolute Gasteiger partial charge is 0.407 e. The largest absolute Gasteiger partial charge is 0.444 e. The van der Waals surface area contributed by atoms with Crippen molar-refractivity contribution in [3.05, 3.63) is 34.6 Å². The van der Waals surface area contributed by atoms with E-state index in [1.54, 1.807) is 12.1 Å². The molecule has 0 bridgehead atoms. The maximum atomic E-state index is 13.7. The van der Waals surface area contributed by atoms with E-state index in [2.05, 4.69) is 10.6 Å². The van der Waals surface area contributed by atoms with E-state index in [0.29, 0.717) is 25.1 Å². The van der Waals surface area contributed by atoms with Crippen molar-refractivity contribution >= 4 is 17.7 Å². The number of halogens is 2. The highest BCUT2D eigenvalue weighted by molar-refractivity contribution is 6.30. The van der Waals surface area contributed by atoms with Crippen LogP contribution < -0.4 is 10.6 Å². The lowest BCUT2D eigenvalue weighted by Crippen LogP contribution is -2.38. The summed E-state index contributed by atoms with van der Waals surface area (Å²) in [4.78, 5) is 11.6. The molecule has 0 spiro atoms. The number of nitrogens with one attached hydrogen (secondary N) is 2. The number of rotatable bonds is 6. The average Bonchev–Trinajstić information content (AvgIpc) is 2.37. The van der Waals surface area contributed by atoms with E-state index in [0.717, 1.165) is 0 Å². The SMILES string of the molecule is CC(CCNCc1cccc(Cl)c1F)NC(=O)OC(C)(C)C. The van der Waals surface area contributed by atoms with E-state index in [-0.39, 0.29) is 11.1 Å². The van der Waals surface area contributed by atoms with E-state index < -0.39 is 17.5 Å². The van der Waals surface area contributed by atoms with Gasteiger partial charge < -0.3 is 15.4 Å². The molecule has 1 aromatic rings. The zero-order chi connectivity index (χ0) is 16.8. The lowest BCUT2D eigenvalue weighted by molar-refractivity contribution is 0.0506. The van der Waals surface area contributed by atoms with Crippen molar-refractivity contribution < 1.29 is 13.9 Å². The normalized spacial score (nSPS) is 12.8. The molecule has 1 atom stereocenters. The summed E-state index contributed by atoms with van der Waals surface area (Å²) in [6, 6.07) is 4.89. The lowest BCUT2D eigenvalue weighted by atomic mass is 10.2. The van der Waals surface area contributed by atoms with E-state index in [9.17, 15) is 9.18 Å². The van der Waals surface area contributed by atoms with Crippen molar-refractivity contribution in [2.24, 2.45) is 0 Å². The predicted octanol–water partition coefficient (Wildman–Crippen LogP) is 3.87. The highest BCUT2D eigenvalue weighted by Crippen LogP contribution is 2.17. The van der Waals surface area contributed by atoms with Crippen LogP contribution in [0.25, 0.3) is 0 Å². The van der Waals surface area contributed by atoms with Crippen LogP contribution in [-0.4, -0.2) is 24.3 Å². The van der Waals surface area contributed by atoms with Gasteiger partial charge in [-0.3, -0.25) is 0 Å². The second kappa shape index (κ2) is 8.34. The molecule has 22 heavy (non-hydrogen) atoms. The molecule has 0 saturated heterocycles. The van der Waals surface area contributed by atoms with Crippen LogP contribution in [0.3, 0.4) is 0 Å². The van der Waals surface area contributed by atoms with Crippen molar-refractivity contribution in [1.82, 2.24) is 10.6 Å². The second-order valence-electron chi connectivity index (χ2n) is 6.23. The van der Waals surface area contributed by atoms with Gasteiger partial charge in [-0.25, -0.2) is 9.18 Å². The quantitative estimate of drug-likeness (QED) is 0.778. The first-order valence-corrected chi connectivity index (χ1v) is 7.70. The van der Waals surface area contributed by atoms with Gasteiger partial charge in [-0.05, 0) is 46.7 Å². The van der Waals surface area contributed by atoms with Crippen LogP contribution in [0.2, 0.25) is 5.02 Å². The first kappa shape index (κ1) is 18.7. The highest BCUT2D eigenvalue weighted by atomic mass is 35.5. The molecule has 1 rings (SSSR count). The van der Waals surface area contributed by atoms with E-state index in [4.69, 9.17) is 16.3 Å². The monoisotopic (exact) mass is 330 g/mol. The third-order valence-electron chi connectivity index (χ3n) is 2.86. The molecule has 1 unspecified atom stereocenters. The van der Waals surface area contributed by atoms with E-state index in [1.807, 2.05) is 27.7 Å². The minimum absolute atomic E-state index is 0.0356. The fourth-order valence-electron chi connectivity index (χ4n) is 1.81. The number of carbonyl (C=O) groups is 1. The van der Waals surface area contributed by atoms with Crippen molar-refractivity contribution in [2.45, 2.75) is 52.3 Å². The van der Waals surface area contributed by atoms with Crippen LogP contribution in [0.4, 0.5) is 9.18 Å². The average molecular weight is 331 g/mol. The van der Waals surface area contributed by atoms with Crippen LogP contribution in [0, 0.1) is 5.82 Å². The molecule has 0 aliphatic rings. The highest BCUT2D eigenvalue weighted by Gasteiger charge is 2.17. The Balaban J connectivity index is 2.27. The molecular weight excluding hydrogens is 307 g/mol. The topological polar surface area (TPSA) is 50.4 Å². The Labute approximate surface area is 136 Å². The van der Waals surface area contributed by atoms with Crippen molar-refractivity contribution in [3.8, 4) is 0 Å². The molecule has 1 amide bonds. The molecule has 0 fully saturated rings. The number of benzene rings is 1. The summed E-state index contributed by atoms with van der Waals surface area (Å²) in [6.07, 6.45) is 0.280. The third-order valence-corrected chi connectivity index (χ3v) is 3.16. The Hall–Kier alpha value is -1.33. The number of alkyl carbamates (subject to hydrolysis) is 1. The van der Waals surface area contributed by atoms with Crippen LogP contribution in [0.1, 0.15) is 39.7 Å². The first-order valence-electron chi connectivity index (χ1n) is 7.32. The Morgan fingerprint density at radius 1 is 1.41 bits per heavy atom. The summed E-state index contributed by atoms with van der Waals surface area (Å²) in [6.45, 7) is 8.38. The van der Waals surface area contributed by atoms with E-state index >= 15 is 0 Å².